The van der Waals surface area contributed by atoms with Crippen LogP contribution in [0.1, 0.15) is 31.4 Å². The molecule has 0 radical (unpaired) electrons. The zero-order chi connectivity index (χ0) is 19.8. The number of nitrogens with zero attached hydrogens (tertiary/aromatic N) is 3. The monoisotopic (exact) mass is 529 g/mol. The molecular weight excluding hydrogens is 501 g/mol. The van der Waals surface area contributed by atoms with Crippen molar-refractivity contribution in [1.82, 2.24) is 15.6 Å². The van der Waals surface area contributed by atoms with E-state index >= 15 is 0 Å². The Morgan fingerprint density at radius 3 is 2.79 bits per heavy atom. The van der Waals surface area contributed by atoms with Gasteiger partial charge in [0.15, 0.2) is 5.96 Å². The first kappa shape index (κ1) is 23.5. The maximum atomic E-state index is 6.04. The molecule has 1 atom stereocenters. The molecule has 0 aliphatic carbocycles. The van der Waals surface area contributed by atoms with Crippen LogP contribution in [0.4, 0.5) is 5.69 Å². The molecule has 1 fully saturated rings. The number of guanidine groups is 1. The topological polar surface area (TPSA) is 61.8 Å². The SMILES string of the molecule is CN=C(NCCOc1ncccc1Cl)NC(C)c1cccc(N2CCCC2)c1.I. The zero-order valence-electron chi connectivity index (χ0n) is 16.9. The van der Waals surface area contributed by atoms with Gasteiger partial charge in [0.25, 0.3) is 0 Å². The largest absolute Gasteiger partial charge is 0.475 e. The van der Waals surface area contributed by atoms with Crippen molar-refractivity contribution >= 4 is 47.2 Å². The molecule has 1 aromatic carbocycles. The molecular formula is C21H29ClIN5O. The number of anilines is 1. The lowest BCUT2D eigenvalue weighted by molar-refractivity contribution is 0.310. The summed E-state index contributed by atoms with van der Waals surface area (Å²) in [5.41, 5.74) is 2.54. The van der Waals surface area contributed by atoms with E-state index < -0.39 is 0 Å². The third-order valence-corrected chi connectivity index (χ3v) is 5.06. The lowest BCUT2D eigenvalue weighted by atomic mass is 10.1. The Balaban J connectivity index is 0.00000300. The van der Waals surface area contributed by atoms with Gasteiger partial charge in [-0.25, -0.2) is 4.98 Å². The number of nitrogens with one attached hydrogen (secondary N) is 2. The summed E-state index contributed by atoms with van der Waals surface area (Å²) in [4.78, 5) is 10.9. The molecule has 2 heterocycles. The first-order chi connectivity index (χ1) is 13.7. The molecule has 0 amide bonds. The van der Waals surface area contributed by atoms with E-state index in [4.69, 9.17) is 16.3 Å². The van der Waals surface area contributed by atoms with E-state index in [1.807, 2.05) is 0 Å². The third kappa shape index (κ3) is 6.92. The summed E-state index contributed by atoms with van der Waals surface area (Å²) in [7, 11) is 1.76. The van der Waals surface area contributed by atoms with Crippen LogP contribution in [0.2, 0.25) is 5.02 Å². The normalized spacial score (nSPS) is 14.9. The molecule has 158 valence electrons. The third-order valence-electron chi connectivity index (χ3n) is 4.78. The Hall–Kier alpha value is -1.74. The molecule has 1 aliphatic rings. The van der Waals surface area contributed by atoms with Gasteiger partial charge in [-0.15, -0.1) is 24.0 Å². The van der Waals surface area contributed by atoms with Gasteiger partial charge in [0.1, 0.15) is 11.6 Å². The molecule has 1 aliphatic heterocycles. The number of pyridine rings is 1. The van der Waals surface area contributed by atoms with Crippen molar-refractivity contribution in [2.24, 2.45) is 4.99 Å². The van der Waals surface area contributed by atoms with E-state index in [0.29, 0.717) is 24.1 Å². The highest BCUT2D eigenvalue weighted by molar-refractivity contribution is 14.0. The predicted octanol–water partition coefficient (Wildman–Crippen LogP) is 4.26. The zero-order valence-corrected chi connectivity index (χ0v) is 20.0. The number of aromatic nitrogens is 1. The number of rotatable bonds is 7. The Labute approximate surface area is 195 Å². The highest BCUT2D eigenvalue weighted by Gasteiger charge is 2.14. The molecule has 1 unspecified atom stereocenters. The Morgan fingerprint density at radius 1 is 1.28 bits per heavy atom. The first-order valence-corrected chi connectivity index (χ1v) is 10.1. The predicted molar refractivity (Wildman–Crippen MR) is 131 cm³/mol. The van der Waals surface area contributed by atoms with E-state index in [-0.39, 0.29) is 30.0 Å². The summed E-state index contributed by atoms with van der Waals surface area (Å²) in [6.07, 6.45) is 4.22. The second kappa shape index (κ2) is 12.1. The van der Waals surface area contributed by atoms with Gasteiger partial charge >= 0.3 is 0 Å². The van der Waals surface area contributed by atoms with Crippen LogP contribution in [0.5, 0.6) is 5.88 Å². The molecule has 8 heteroatoms. The summed E-state index contributed by atoms with van der Waals surface area (Å²) in [6.45, 7) is 5.47. The van der Waals surface area contributed by atoms with Crippen LogP contribution in [-0.4, -0.2) is 44.2 Å². The molecule has 0 spiro atoms. The van der Waals surface area contributed by atoms with Gasteiger partial charge in [0.05, 0.1) is 12.6 Å². The van der Waals surface area contributed by atoms with Crippen molar-refractivity contribution in [1.29, 1.82) is 0 Å². The molecule has 29 heavy (non-hydrogen) atoms. The number of halogens is 2. The summed E-state index contributed by atoms with van der Waals surface area (Å²) in [6, 6.07) is 12.4. The Kier molecular flexibility index (Phi) is 9.80. The Bertz CT molecular complexity index is 798. The second-order valence-electron chi connectivity index (χ2n) is 6.79. The minimum atomic E-state index is 0. The van der Waals surface area contributed by atoms with Gasteiger partial charge in [0, 0.05) is 32.0 Å². The molecule has 0 saturated carbocycles. The quantitative estimate of drug-likeness (QED) is 0.243. The van der Waals surface area contributed by atoms with Gasteiger partial charge in [0.2, 0.25) is 5.88 Å². The summed E-state index contributed by atoms with van der Waals surface area (Å²) < 4.78 is 5.60. The van der Waals surface area contributed by atoms with Crippen molar-refractivity contribution in [3.8, 4) is 5.88 Å². The smallest absolute Gasteiger partial charge is 0.232 e. The highest BCUT2D eigenvalue weighted by Crippen LogP contribution is 2.24. The van der Waals surface area contributed by atoms with E-state index in [2.05, 4.69) is 56.7 Å². The average Bonchev–Trinajstić information content (AvgIpc) is 3.26. The summed E-state index contributed by atoms with van der Waals surface area (Å²) >= 11 is 6.04. The van der Waals surface area contributed by atoms with Crippen LogP contribution in [0.3, 0.4) is 0 Å². The van der Waals surface area contributed by atoms with Crippen LogP contribution in [0.25, 0.3) is 0 Å². The Morgan fingerprint density at radius 2 is 2.07 bits per heavy atom. The second-order valence-corrected chi connectivity index (χ2v) is 7.20. The van der Waals surface area contributed by atoms with Gasteiger partial charge in [-0.1, -0.05) is 23.7 Å². The molecule has 3 rings (SSSR count). The fourth-order valence-corrected chi connectivity index (χ4v) is 3.42. The minimum absolute atomic E-state index is 0. The number of benzene rings is 1. The average molecular weight is 530 g/mol. The van der Waals surface area contributed by atoms with Crippen LogP contribution >= 0.6 is 35.6 Å². The number of ether oxygens (including phenoxy) is 1. The standard InChI is InChI=1S/C21H28ClN5O.HI/c1-16(17-7-5-8-18(15-17)27-12-3-4-13-27)26-21(23-2)25-11-14-28-20-19(22)9-6-10-24-20;/h5-10,15-16H,3-4,11-14H2,1-2H3,(H2,23,25,26);1H. The lowest BCUT2D eigenvalue weighted by Crippen LogP contribution is -2.40. The summed E-state index contributed by atoms with van der Waals surface area (Å²) in [5.74, 6) is 1.18. The van der Waals surface area contributed by atoms with Crippen LogP contribution in [0, 0.1) is 0 Å². The van der Waals surface area contributed by atoms with Crippen LogP contribution in [0.15, 0.2) is 47.6 Å². The van der Waals surface area contributed by atoms with Crippen molar-refractivity contribution in [3.63, 3.8) is 0 Å². The van der Waals surface area contributed by atoms with Crippen molar-refractivity contribution in [2.75, 3.05) is 38.2 Å². The molecule has 2 N–H and O–H groups in total. The van der Waals surface area contributed by atoms with Gasteiger partial charge in [-0.3, -0.25) is 4.99 Å². The fraction of sp³-hybridized carbons (Fsp3) is 0.429. The first-order valence-electron chi connectivity index (χ1n) is 9.73. The number of hydrogen-bond acceptors (Lipinski definition) is 4. The maximum Gasteiger partial charge on any atom is 0.232 e. The van der Waals surface area contributed by atoms with Crippen LogP contribution < -0.4 is 20.3 Å². The van der Waals surface area contributed by atoms with Crippen LogP contribution in [-0.2, 0) is 0 Å². The van der Waals surface area contributed by atoms with Gasteiger partial charge in [-0.2, -0.15) is 0 Å². The van der Waals surface area contributed by atoms with Crippen molar-refractivity contribution < 1.29 is 4.74 Å². The number of hydrogen-bond donors (Lipinski definition) is 2. The fourth-order valence-electron chi connectivity index (χ4n) is 3.24. The minimum Gasteiger partial charge on any atom is -0.475 e. The van der Waals surface area contributed by atoms with Gasteiger partial charge in [-0.05, 0) is 49.6 Å². The molecule has 1 saturated heterocycles. The lowest BCUT2D eigenvalue weighted by Gasteiger charge is -2.22. The van der Waals surface area contributed by atoms with Gasteiger partial charge < -0.3 is 20.3 Å². The molecule has 6 nitrogen and oxygen atoms in total. The maximum absolute atomic E-state index is 6.04. The molecule has 1 aromatic heterocycles. The highest BCUT2D eigenvalue weighted by atomic mass is 127. The van der Waals surface area contributed by atoms with Crippen molar-refractivity contribution in [3.05, 3.63) is 53.2 Å². The van der Waals surface area contributed by atoms with E-state index in [0.717, 1.165) is 19.0 Å². The van der Waals surface area contributed by atoms with Crippen molar-refractivity contribution in [2.45, 2.75) is 25.8 Å². The number of aliphatic imine (C=N–C) groups is 1. The van der Waals surface area contributed by atoms with E-state index in [9.17, 15) is 0 Å². The molecule has 2 aromatic rings. The molecule has 0 bridgehead atoms. The summed E-state index contributed by atoms with van der Waals surface area (Å²) in [5, 5.41) is 7.21. The van der Waals surface area contributed by atoms with E-state index in [1.165, 1.54) is 24.1 Å². The van der Waals surface area contributed by atoms with E-state index in [1.54, 1.807) is 25.4 Å².